The molecule has 0 aromatic heterocycles. The summed E-state index contributed by atoms with van der Waals surface area (Å²) in [5.41, 5.74) is 9.24. The molecule has 0 nitrogen and oxygen atoms in total. The molecule has 2 aromatic carbocycles. The van der Waals surface area contributed by atoms with Crippen LogP contribution in [0.3, 0.4) is 0 Å². The summed E-state index contributed by atoms with van der Waals surface area (Å²) in [7, 11) is 0. The van der Waals surface area contributed by atoms with Crippen LogP contribution in [0.25, 0.3) is 5.57 Å². The summed E-state index contributed by atoms with van der Waals surface area (Å²) in [5.74, 6) is -0.732. The maximum atomic E-state index is 14.7. The van der Waals surface area contributed by atoms with Crippen molar-refractivity contribution in [2.24, 2.45) is 0 Å². The predicted molar refractivity (Wildman–Crippen MR) is 121 cm³/mol. The molecule has 1 atom stereocenters. The molecule has 2 aliphatic carbocycles. The Morgan fingerprint density at radius 3 is 2.10 bits per heavy atom. The van der Waals surface area contributed by atoms with Crippen molar-refractivity contribution in [2.75, 3.05) is 0 Å². The third kappa shape index (κ3) is 3.50. The quantitative estimate of drug-likeness (QED) is 0.380. The first-order valence-electron chi connectivity index (χ1n) is 10.5. The van der Waals surface area contributed by atoms with Crippen LogP contribution in [0, 0.1) is 11.6 Å². The molecule has 0 bridgehead atoms. The number of allylic oxidation sites excluding steroid dienone is 5. The fourth-order valence-corrected chi connectivity index (χ4v) is 25.7. The zero-order valence-electron chi connectivity index (χ0n) is 18.5. The number of rotatable bonds is 3. The fourth-order valence-electron chi connectivity index (χ4n) is 5.15. The Labute approximate surface area is 186 Å². The molecule has 2 aliphatic rings. The summed E-state index contributed by atoms with van der Waals surface area (Å²) < 4.78 is 29.8. The first kappa shape index (κ1) is 21.8. The van der Waals surface area contributed by atoms with Gasteiger partial charge in [-0.05, 0) is 0 Å². The zero-order chi connectivity index (χ0) is 21.7. The van der Waals surface area contributed by atoms with Gasteiger partial charge in [0.15, 0.2) is 0 Å². The maximum absolute atomic E-state index is 14.7. The number of benzene rings is 2. The monoisotopic (exact) mass is 496 g/mol. The molecule has 0 fully saturated rings. The fraction of sp³-hybridized carbons (Fsp3) is 0.308. The average molecular weight is 498 g/mol. The molecule has 4 heteroatoms. The Morgan fingerprint density at radius 2 is 1.47 bits per heavy atom. The SMILES string of the molecule is CC1=C(C)[CH]([Zr]([CH]2C=C(c3cc(F)ccc3F)c3ccccc32)=[Si](C)C)C(C)=C1C. The van der Waals surface area contributed by atoms with Crippen LogP contribution in [-0.4, -0.2) is 5.43 Å². The van der Waals surface area contributed by atoms with Gasteiger partial charge in [-0.1, -0.05) is 0 Å². The van der Waals surface area contributed by atoms with Crippen LogP contribution in [0.5, 0.6) is 0 Å². The van der Waals surface area contributed by atoms with Crippen LogP contribution in [0.2, 0.25) is 16.7 Å². The molecule has 2 aromatic rings. The van der Waals surface area contributed by atoms with Crippen LogP contribution in [0.4, 0.5) is 8.78 Å². The molecule has 4 rings (SSSR count). The topological polar surface area (TPSA) is 0 Å². The Hall–Kier alpha value is -1.38. The van der Waals surface area contributed by atoms with Crippen LogP contribution in [0.15, 0.2) is 70.8 Å². The van der Waals surface area contributed by atoms with E-state index in [-0.39, 0.29) is 11.6 Å². The first-order chi connectivity index (χ1) is 14.2. The zero-order valence-corrected chi connectivity index (χ0v) is 22.0. The molecule has 30 heavy (non-hydrogen) atoms. The first-order valence-corrected chi connectivity index (χ1v) is 19.5. The van der Waals surface area contributed by atoms with E-state index in [9.17, 15) is 8.78 Å². The van der Waals surface area contributed by atoms with E-state index in [0.29, 0.717) is 12.8 Å². The summed E-state index contributed by atoms with van der Waals surface area (Å²) >= 11 is -2.08. The van der Waals surface area contributed by atoms with E-state index in [1.807, 2.05) is 6.07 Å². The number of hydrogen-bond acceptors (Lipinski definition) is 0. The minimum absolute atomic E-state index is 0.346. The third-order valence-electron chi connectivity index (χ3n) is 6.97. The van der Waals surface area contributed by atoms with E-state index in [1.54, 1.807) is 11.1 Å². The van der Waals surface area contributed by atoms with Crippen LogP contribution in [-0.2, 0) is 20.4 Å². The van der Waals surface area contributed by atoms with Gasteiger partial charge < -0.3 is 0 Å². The van der Waals surface area contributed by atoms with Crippen molar-refractivity contribution in [1.82, 2.24) is 0 Å². The Bertz CT molecular complexity index is 1160. The van der Waals surface area contributed by atoms with Gasteiger partial charge in [-0.2, -0.15) is 0 Å². The summed E-state index contributed by atoms with van der Waals surface area (Å²) in [5, 5.41) is 0. The van der Waals surface area contributed by atoms with Crippen molar-refractivity contribution in [1.29, 1.82) is 0 Å². The van der Waals surface area contributed by atoms with Crippen molar-refractivity contribution in [3.05, 3.63) is 99.2 Å². The van der Waals surface area contributed by atoms with E-state index in [4.69, 9.17) is 0 Å². The van der Waals surface area contributed by atoms with Gasteiger partial charge in [-0.25, -0.2) is 0 Å². The summed E-state index contributed by atoms with van der Waals surface area (Å²) in [4.78, 5) is 0. The summed E-state index contributed by atoms with van der Waals surface area (Å²) in [6.45, 7) is 14.1. The molecule has 0 N–H and O–H groups in total. The van der Waals surface area contributed by atoms with E-state index in [1.165, 1.54) is 34.9 Å². The second-order valence-electron chi connectivity index (χ2n) is 8.77. The molecule has 0 heterocycles. The standard InChI is InChI=1S/C15H9F2.C9H13.C2H6Si.Zr/c16-11-6-8-15(17)14(9-11)13-7-5-10-3-1-2-4-12(10)13;1-6-5-7(2)9(4)8(6)3;1-3-2;/h1-9H;5H,1-4H3;1-2H3;. The minimum atomic E-state index is -2.08. The van der Waals surface area contributed by atoms with Gasteiger partial charge >= 0.3 is 187 Å². The van der Waals surface area contributed by atoms with Gasteiger partial charge in [0.1, 0.15) is 0 Å². The van der Waals surface area contributed by atoms with Gasteiger partial charge in [-0.15, -0.1) is 0 Å². The molecule has 0 amide bonds. The average Bonchev–Trinajstić information content (AvgIpc) is 3.17. The van der Waals surface area contributed by atoms with Crippen molar-refractivity contribution in [3.8, 4) is 0 Å². The molecule has 1 unspecified atom stereocenters. The Balaban J connectivity index is 1.93. The van der Waals surface area contributed by atoms with E-state index < -0.39 is 25.8 Å². The predicted octanol–water partition coefficient (Wildman–Crippen LogP) is 7.80. The van der Waals surface area contributed by atoms with Gasteiger partial charge in [0.25, 0.3) is 0 Å². The molecule has 0 saturated carbocycles. The second kappa shape index (κ2) is 8.28. The Morgan fingerprint density at radius 1 is 0.833 bits per heavy atom. The number of hydrogen-bond donors (Lipinski definition) is 0. The van der Waals surface area contributed by atoms with Crippen molar-refractivity contribution in [2.45, 2.75) is 48.0 Å². The Kier molecular flexibility index (Phi) is 6.03. The van der Waals surface area contributed by atoms with Crippen LogP contribution in [0.1, 0.15) is 48.0 Å². The molecule has 0 spiro atoms. The van der Waals surface area contributed by atoms with E-state index in [2.05, 4.69) is 65.1 Å². The summed E-state index contributed by atoms with van der Waals surface area (Å²) in [6, 6.07) is 12.2. The normalized spacial score (nSPS) is 18.8. The molecule has 154 valence electrons. The second-order valence-corrected chi connectivity index (χ2v) is 26.8. The summed E-state index contributed by atoms with van der Waals surface area (Å²) in [6.07, 6.45) is 2.30. The van der Waals surface area contributed by atoms with Crippen molar-refractivity contribution in [3.63, 3.8) is 0 Å². The van der Waals surface area contributed by atoms with Crippen molar-refractivity contribution < 1.29 is 29.1 Å². The number of halogens is 2. The van der Waals surface area contributed by atoms with E-state index >= 15 is 0 Å². The molecule has 0 radical (unpaired) electrons. The van der Waals surface area contributed by atoms with Gasteiger partial charge in [0.05, 0.1) is 0 Å². The molecular formula is C26H28F2SiZr. The molecule has 0 saturated heterocycles. The van der Waals surface area contributed by atoms with Crippen molar-refractivity contribution >= 4 is 11.0 Å². The van der Waals surface area contributed by atoms with Crippen LogP contribution < -0.4 is 0 Å². The molecule has 0 aliphatic heterocycles. The van der Waals surface area contributed by atoms with Gasteiger partial charge in [0.2, 0.25) is 0 Å². The van der Waals surface area contributed by atoms with Gasteiger partial charge in [-0.3, -0.25) is 0 Å². The van der Waals surface area contributed by atoms with E-state index in [0.717, 1.165) is 11.1 Å². The number of fused-ring (bicyclic) bond motifs is 1. The van der Waals surface area contributed by atoms with Crippen LogP contribution >= 0.6 is 0 Å². The third-order valence-corrected chi connectivity index (χ3v) is 26.7. The molecular weight excluding hydrogens is 470 g/mol. The van der Waals surface area contributed by atoms with Gasteiger partial charge in [0, 0.05) is 0 Å².